The van der Waals surface area contributed by atoms with Crippen molar-refractivity contribution < 1.29 is 14.4 Å². The van der Waals surface area contributed by atoms with Crippen molar-refractivity contribution in [3.8, 4) is 0 Å². The van der Waals surface area contributed by atoms with Crippen LogP contribution in [0.1, 0.15) is 57.2 Å². The quantitative estimate of drug-likeness (QED) is 0.899. The molecule has 0 saturated carbocycles. The van der Waals surface area contributed by atoms with Gasteiger partial charge in [0.25, 0.3) is 0 Å². The Morgan fingerprint density at radius 3 is 2.89 bits per heavy atom. The van der Waals surface area contributed by atoms with E-state index in [1.807, 2.05) is 18.7 Å². The Balaban J connectivity index is 2.07. The molecule has 1 aromatic heterocycles. The van der Waals surface area contributed by atoms with Gasteiger partial charge in [-0.3, -0.25) is 9.69 Å². The summed E-state index contributed by atoms with van der Waals surface area (Å²) in [5.41, 5.74) is 0. The zero-order valence-corrected chi connectivity index (χ0v) is 11.5. The van der Waals surface area contributed by atoms with Crippen LogP contribution in [0.15, 0.2) is 4.52 Å². The number of hydrogen-bond donors (Lipinski definition) is 1. The Morgan fingerprint density at radius 2 is 2.26 bits per heavy atom. The van der Waals surface area contributed by atoms with Gasteiger partial charge in [-0.15, -0.1) is 0 Å². The van der Waals surface area contributed by atoms with E-state index in [0.29, 0.717) is 24.7 Å². The average Bonchev–Trinajstić information content (AvgIpc) is 2.68. The third kappa shape index (κ3) is 3.53. The lowest BCUT2D eigenvalue weighted by molar-refractivity contribution is -0.143. The fraction of sp³-hybridized carbons (Fsp3) is 0.769. The minimum Gasteiger partial charge on any atom is -0.480 e. The van der Waals surface area contributed by atoms with Gasteiger partial charge in [0.05, 0.1) is 6.54 Å². The standard InChI is InChI=1S/C13H21N3O3/c1-9(2)12-14-11(15-19-12)8-16-7-5-3-4-6-10(16)13(17)18/h9-10H,3-8H2,1-2H3,(H,17,18). The number of carboxylic acid groups (broad SMARTS) is 1. The van der Waals surface area contributed by atoms with E-state index >= 15 is 0 Å². The van der Waals surface area contributed by atoms with Crippen molar-refractivity contribution in [1.29, 1.82) is 0 Å². The van der Waals surface area contributed by atoms with Gasteiger partial charge in [-0.2, -0.15) is 4.98 Å². The van der Waals surface area contributed by atoms with Crippen LogP contribution in [0, 0.1) is 0 Å². The molecule has 1 unspecified atom stereocenters. The molecule has 0 aliphatic carbocycles. The maximum Gasteiger partial charge on any atom is 0.320 e. The Kier molecular flexibility index (Phi) is 4.52. The lowest BCUT2D eigenvalue weighted by Gasteiger charge is -2.24. The van der Waals surface area contributed by atoms with E-state index in [0.717, 1.165) is 25.8 Å². The fourth-order valence-corrected chi connectivity index (χ4v) is 2.38. The lowest BCUT2D eigenvalue weighted by atomic mass is 10.1. The first-order valence-corrected chi connectivity index (χ1v) is 6.87. The molecule has 2 rings (SSSR count). The number of rotatable bonds is 4. The summed E-state index contributed by atoms with van der Waals surface area (Å²) in [5.74, 6) is 0.628. The number of aliphatic carboxylic acids is 1. The van der Waals surface area contributed by atoms with Gasteiger partial charge in [0.1, 0.15) is 6.04 Å². The highest BCUT2D eigenvalue weighted by molar-refractivity contribution is 5.73. The molecule has 6 nitrogen and oxygen atoms in total. The van der Waals surface area contributed by atoms with Gasteiger partial charge in [0.15, 0.2) is 5.82 Å². The maximum absolute atomic E-state index is 11.3. The minimum atomic E-state index is -0.755. The highest BCUT2D eigenvalue weighted by atomic mass is 16.5. The second-order valence-electron chi connectivity index (χ2n) is 5.38. The number of carboxylic acids is 1. The van der Waals surface area contributed by atoms with Gasteiger partial charge in [0.2, 0.25) is 5.89 Å². The maximum atomic E-state index is 11.3. The van der Waals surface area contributed by atoms with Gasteiger partial charge in [-0.25, -0.2) is 0 Å². The molecule has 1 fully saturated rings. The van der Waals surface area contributed by atoms with Crippen molar-refractivity contribution in [2.45, 2.75) is 58.0 Å². The molecule has 1 aliphatic heterocycles. The summed E-state index contributed by atoms with van der Waals surface area (Å²) >= 11 is 0. The lowest BCUT2D eigenvalue weighted by Crippen LogP contribution is -2.40. The molecule has 0 aromatic carbocycles. The first-order valence-electron chi connectivity index (χ1n) is 6.87. The van der Waals surface area contributed by atoms with Crippen molar-refractivity contribution in [1.82, 2.24) is 15.0 Å². The van der Waals surface area contributed by atoms with Crippen LogP contribution in [0.4, 0.5) is 0 Å². The van der Waals surface area contributed by atoms with Gasteiger partial charge in [0, 0.05) is 5.92 Å². The molecular weight excluding hydrogens is 246 g/mol. The predicted octanol–water partition coefficient (Wildman–Crippen LogP) is 2.02. The summed E-state index contributed by atoms with van der Waals surface area (Å²) in [7, 11) is 0. The van der Waals surface area contributed by atoms with Crippen molar-refractivity contribution in [3.05, 3.63) is 11.7 Å². The van der Waals surface area contributed by atoms with Gasteiger partial charge < -0.3 is 9.63 Å². The highest BCUT2D eigenvalue weighted by Crippen LogP contribution is 2.19. The molecule has 1 saturated heterocycles. The van der Waals surface area contributed by atoms with Crippen molar-refractivity contribution in [2.24, 2.45) is 0 Å². The SMILES string of the molecule is CC(C)c1nc(CN2CCCCCC2C(=O)O)no1. The number of likely N-dealkylation sites (tertiary alicyclic amines) is 1. The second-order valence-corrected chi connectivity index (χ2v) is 5.38. The number of nitrogens with zero attached hydrogens (tertiary/aromatic N) is 3. The van der Waals surface area contributed by atoms with Crippen LogP contribution >= 0.6 is 0 Å². The molecule has 0 spiro atoms. The molecule has 1 aliphatic rings. The average molecular weight is 267 g/mol. The molecular formula is C13H21N3O3. The van der Waals surface area contributed by atoms with Crippen molar-refractivity contribution in [3.63, 3.8) is 0 Å². The monoisotopic (exact) mass is 267 g/mol. The zero-order chi connectivity index (χ0) is 13.8. The Morgan fingerprint density at radius 1 is 1.47 bits per heavy atom. The number of aromatic nitrogens is 2. The van der Waals surface area contributed by atoms with E-state index in [2.05, 4.69) is 10.1 Å². The molecule has 19 heavy (non-hydrogen) atoms. The van der Waals surface area contributed by atoms with E-state index in [1.54, 1.807) is 0 Å². The molecule has 106 valence electrons. The summed E-state index contributed by atoms with van der Waals surface area (Å²) in [6, 6.07) is -0.427. The Labute approximate surface area is 112 Å². The minimum absolute atomic E-state index is 0.195. The van der Waals surface area contributed by atoms with Crippen LogP contribution in [-0.4, -0.2) is 38.7 Å². The first kappa shape index (κ1) is 14.0. The van der Waals surface area contributed by atoms with E-state index in [-0.39, 0.29) is 5.92 Å². The molecule has 0 amide bonds. The van der Waals surface area contributed by atoms with Crippen molar-refractivity contribution >= 4 is 5.97 Å². The molecule has 0 bridgehead atoms. The molecule has 1 N–H and O–H groups in total. The predicted molar refractivity (Wildman–Crippen MR) is 68.7 cm³/mol. The van der Waals surface area contributed by atoms with E-state index < -0.39 is 12.0 Å². The Bertz CT molecular complexity index is 431. The third-order valence-corrected chi connectivity index (χ3v) is 3.47. The summed E-state index contributed by atoms with van der Waals surface area (Å²) in [6.45, 7) is 5.21. The van der Waals surface area contributed by atoms with Gasteiger partial charge in [-0.05, 0) is 19.4 Å². The van der Waals surface area contributed by atoms with Crippen LogP contribution in [0.5, 0.6) is 0 Å². The van der Waals surface area contributed by atoms with Crippen LogP contribution in [0.3, 0.4) is 0 Å². The smallest absolute Gasteiger partial charge is 0.320 e. The molecule has 6 heteroatoms. The molecule has 1 atom stereocenters. The largest absolute Gasteiger partial charge is 0.480 e. The summed E-state index contributed by atoms with van der Waals surface area (Å²) in [6.07, 6.45) is 3.78. The fourth-order valence-electron chi connectivity index (χ4n) is 2.38. The van der Waals surface area contributed by atoms with E-state index in [9.17, 15) is 9.90 Å². The van der Waals surface area contributed by atoms with Gasteiger partial charge >= 0.3 is 5.97 Å². The second kappa shape index (κ2) is 6.14. The zero-order valence-electron chi connectivity index (χ0n) is 11.5. The highest BCUT2D eigenvalue weighted by Gasteiger charge is 2.28. The van der Waals surface area contributed by atoms with Gasteiger partial charge in [-0.1, -0.05) is 31.8 Å². The summed E-state index contributed by atoms with van der Waals surface area (Å²) in [4.78, 5) is 17.6. The van der Waals surface area contributed by atoms with Crippen LogP contribution in [0.25, 0.3) is 0 Å². The number of carbonyl (C=O) groups is 1. The topological polar surface area (TPSA) is 79.5 Å². The van der Waals surface area contributed by atoms with Crippen LogP contribution < -0.4 is 0 Å². The summed E-state index contributed by atoms with van der Waals surface area (Å²) < 4.78 is 5.16. The third-order valence-electron chi connectivity index (χ3n) is 3.47. The number of hydrogen-bond acceptors (Lipinski definition) is 5. The Hall–Kier alpha value is -1.43. The van der Waals surface area contributed by atoms with E-state index in [4.69, 9.17) is 4.52 Å². The van der Waals surface area contributed by atoms with E-state index in [1.165, 1.54) is 0 Å². The molecule has 2 heterocycles. The normalized spacial score (nSPS) is 21.5. The van der Waals surface area contributed by atoms with Crippen LogP contribution in [0.2, 0.25) is 0 Å². The molecule has 0 radical (unpaired) electrons. The van der Waals surface area contributed by atoms with Crippen molar-refractivity contribution in [2.75, 3.05) is 6.54 Å². The first-order chi connectivity index (χ1) is 9.08. The summed E-state index contributed by atoms with van der Waals surface area (Å²) in [5, 5.41) is 13.2. The van der Waals surface area contributed by atoms with Crippen LogP contribution in [-0.2, 0) is 11.3 Å². The molecule has 1 aromatic rings.